The molecule has 9 nitrogen and oxygen atoms in total. The van der Waals surface area contributed by atoms with Crippen molar-refractivity contribution in [3.63, 3.8) is 0 Å². The first kappa shape index (κ1) is 13.0. The number of non-ortho nitro benzene ring substituents is 1. The Kier molecular flexibility index (Phi) is 3.42. The van der Waals surface area contributed by atoms with E-state index in [9.17, 15) is 14.9 Å². The molecule has 98 valence electrons. The van der Waals surface area contributed by atoms with Crippen molar-refractivity contribution >= 4 is 23.4 Å². The number of aryl methyl sites for hydroxylation is 1. The third kappa shape index (κ3) is 2.68. The highest BCUT2D eigenvalue weighted by atomic mass is 32.2. The summed E-state index contributed by atoms with van der Waals surface area (Å²) in [5.41, 5.74) is -0.444. The van der Waals surface area contributed by atoms with Crippen molar-refractivity contribution in [3.05, 3.63) is 33.9 Å². The van der Waals surface area contributed by atoms with Crippen LogP contribution in [0.25, 0.3) is 0 Å². The highest BCUT2D eigenvalue weighted by Crippen LogP contribution is 2.30. The van der Waals surface area contributed by atoms with Crippen LogP contribution in [0, 0.1) is 10.1 Å². The number of hydrogen-bond donors (Lipinski definition) is 1. The lowest BCUT2D eigenvalue weighted by atomic mass is 10.2. The van der Waals surface area contributed by atoms with Gasteiger partial charge in [-0.2, -0.15) is 0 Å². The molecule has 2 rings (SSSR count). The molecule has 0 saturated heterocycles. The zero-order valence-electron chi connectivity index (χ0n) is 9.55. The quantitative estimate of drug-likeness (QED) is 0.649. The monoisotopic (exact) mass is 281 g/mol. The van der Waals surface area contributed by atoms with E-state index in [-0.39, 0.29) is 11.3 Å². The van der Waals surface area contributed by atoms with Gasteiger partial charge in [0.15, 0.2) is 0 Å². The summed E-state index contributed by atoms with van der Waals surface area (Å²) in [7, 11) is 1.61. The van der Waals surface area contributed by atoms with Gasteiger partial charge >= 0.3 is 5.97 Å². The van der Waals surface area contributed by atoms with Crippen molar-refractivity contribution in [1.82, 2.24) is 20.2 Å². The smallest absolute Gasteiger partial charge is 0.337 e. The van der Waals surface area contributed by atoms with Crippen LogP contribution < -0.4 is 0 Å². The molecule has 10 heteroatoms. The van der Waals surface area contributed by atoms with Gasteiger partial charge in [-0.3, -0.25) is 10.1 Å². The number of aromatic carboxylic acids is 1. The molecule has 1 aromatic heterocycles. The third-order valence-electron chi connectivity index (χ3n) is 2.19. The van der Waals surface area contributed by atoms with Crippen LogP contribution in [0.15, 0.2) is 28.3 Å². The molecule has 0 aliphatic rings. The summed E-state index contributed by atoms with van der Waals surface area (Å²) in [4.78, 5) is 21.4. The van der Waals surface area contributed by atoms with Crippen molar-refractivity contribution in [3.8, 4) is 0 Å². The SMILES string of the molecule is Cn1nnnc1Sc1ccc([N+](=O)[O-])cc1C(=O)O. The molecule has 0 fully saturated rings. The predicted molar refractivity (Wildman–Crippen MR) is 63.0 cm³/mol. The van der Waals surface area contributed by atoms with Crippen LogP contribution in [0.1, 0.15) is 10.4 Å². The number of nitro benzene ring substituents is 1. The third-order valence-corrected chi connectivity index (χ3v) is 3.29. The molecular formula is C9H7N5O4S. The Hall–Kier alpha value is -2.49. The summed E-state index contributed by atoms with van der Waals surface area (Å²) in [5.74, 6) is -1.25. The van der Waals surface area contributed by atoms with Crippen molar-refractivity contribution in [2.24, 2.45) is 7.05 Å². The van der Waals surface area contributed by atoms with Gasteiger partial charge in [-0.05, 0) is 28.3 Å². The van der Waals surface area contributed by atoms with Gasteiger partial charge in [-0.25, -0.2) is 9.48 Å². The Morgan fingerprint density at radius 2 is 2.26 bits per heavy atom. The fourth-order valence-electron chi connectivity index (χ4n) is 1.29. The minimum atomic E-state index is -1.25. The van der Waals surface area contributed by atoms with Gasteiger partial charge in [0.05, 0.1) is 10.5 Å². The topological polar surface area (TPSA) is 124 Å². The first-order valence-corrected chi connectivity index (χ1v) is 5.72. The molecule has 2 aromatic rings. The van der Waals surface area contributed by atoms with Crippen molar-refractivity contribution in [1.29, 1.82) is 0 Å². The number of carboxylic acids is 1. The van der Waals surface area contributed by atoms with Crippen molar-refractivity contribution in [2.45, 2.75) is 10.1 Å². The molecule has 1 heterocycles. The lowest BCUT2D eigenvalue weighted by Gasteiger charge is -2.04. The number of carbonyl (C=O) groups is 1. The number of nitro groups is 1. The van der Waals surface area contributed by atoms with Gasteiger partial charge in [0.1, 0.15) is 0 Å². The Balaban J connectivity index is 2.43. The highest BCUT2D eigenvalue weighted by Gasteiger charge is 2.18. The number of carboxylic acid groups (broad SMARTS) is 1. The van der Waals surface area contributed by atoms with E-state index in [0.717, 1.165) is 17.8 Å². The maximum Gasteiger partial charge on any atom is 0.337 e. The van der Waals surface area contributed by atoms with Gasteiger partial charge < -0.3 is 5.11 Å². The normalized spacial score (nSPS) is 10.4. The summed E-state index contributed by atoms with van der Waals surface area (Å²) < 4.78 is 1.37. The van der Waals surface area contributed by atoms with Crippen LogP contribution in [0.2, 0.25) is 0 Å². The molecule has 0 saturated carbocycles. The van der Waals surface area contributed by atoms with Gasteiger partial charge in [0, 0.05) is 24.1 Å². The van der Waals surface area contributed by atoms with E-state index in [1.165, 1.54) is 16.8 Å². The molecule has 0 aliphatic heterocycles. The van der Waals surface area contributed by atoms with Gasteiger partial charge in [0.2, 0.25) is 5.16 Å². The zero-order valence-corrected chi connectivity index (χ0v) is 10.4. The largest absolute Gasteiger partial charge is 0.478 e. The summed E-state index contributed by atoms with van der Waals surface area (Å²) in [6.07, 6.45) is 0. The van der Waals surface area contributed by atoms with Gasteiger partial charge in [0.25, 0.3) is 5.69 Å². The molecule has 0 spiro atoms. The maximum atomic E-state index is 11.1. The fraction of sp³-hybridized carbons (Fsp3) is 0.111. The molecule has 1 N–H and O–H groups in total. The number of hydrogen-bond acceptors (Lipinski definition) is 7. The summed E-state index contributed by atoms with van der Waals surface area (Å²) in [5, 5.41) is 30.8. The van der Waals surface area contributed by atoms with Crippen LogP contribution in [-0.4, -0.2) is 36.2 Å². The van der Waals surface area contributed by atoms with E-state index < -0.39 is 10.9 Å². The minimum absolute atomic E-state index is 0.165. The van der Waals surface area contributed by atoms with Crippen LogP contribution in [0.4, 0.5) is 5.69 Å². The number of tetrazole rings is 1. The van der Waals surface area contributed by atoms with Crippen LogP contribution in [0.3, 0.4) is 0 Å². The first-order valence-electron chi connectivity index (χ1n) is 4.91. The second-order valence-corrected chi connectivity index (χ2v) is 4.44. The minimum Gasteiger partial charge on any atom is -0.478 e. The second-order valence-electron chi connectivity index (χ2n) is 3.43. The van der Waals surface area contributed by atoms with Gasteiger partial charge in [-0.15, -0.1) is 5.10 Å². The fourth-order valence-corrected chi connectivity index (χ4v) is 2.13. The number of benzene rings is 1. The number of nitrogens with zero attached hydrogens (tertiary/aromatic N) is 5. The average molecular weight is 281 g/mol. The van der Waals surface area contributed by atoms with E-state index >= 15 is 0 Å². The lowest BCUT2D eigenvalue weighted by molar-refractivity contribution is -0.384. The predicted octanol–water partition coefficient (Wildman–Crippen LogP) is 0.968. The van der Waals surface area contributed by atoms with E-state index in [1.807, 2.05) is 0 Å². The van der Waals surface area contributed by atoms with Crippen LogP contribution >= 0.6 is 11.8 Å². The molecule has 0 atom stereocenters. The molecule has 1 aromatic carbocycles. The first-order chi connectivity index (χ1) is 8.99. The van der Waals surface area contributed by atoms with Crippen molar-refractivity contribution in [2.75, 3.05) is 0 Å². The molecule has 0 radical (unpaired) electrons. The van der Waals surface area contributed by atoms with E-state index in [2.05, 4.69) is 15.5 Å². The summed E-state index contributed by atoms with van der Waals surface area (Å²) in [6.45, 7) is 0. The Morgan fingerprint density at radius 3 is 2.79 bits per heavy atom. The van der Waals surface area contributed by atoms with Crippen molar-refractivity contribution < 1.29 is 14.8 Å². The second kappa shape index (κ2) is 5.02. The van der Waals surface area contributed by atoms with E-state index in [1.54, 1.807) is 7.05 Å². The highest BCUT2D eigenvalue weighted by molar-refractivity contribution is 7.99. The molecular weight excluding hydrogens is 274 g/mol. The molecule has 0 unspecified atom stereocenters. The van der Waals surface area contributed by atoms with Crippen LogP contribution in [-0.2, 0) is 7.05 Å². The Morgan fingerprint density at radius 1 is 1.53 bits per heavy atom. The average Bonchev–Trinajstić information content (AvgIpc) is 2.75. The van der Waals surface area contributed by atoms with Gasteiger partial charge in [-0.1, -0.05) is 0 Å². The lowest BCUT2D eigenvalue weighted by Crippen LogP contribution is -2.01. The molecule has 0 bridgehead atoms. The van der Waals surface area contributed by atoms with Crippen LogP contribution in [0.5, 0.6) is 0 Å². The Labute approximate surface area is 110 Å². The standard InChI is InChI=1S/C9H7N5O4S/c1-13-9(10-11-12-13)19-7-3-2-5(14(17)18)4-6(7)8(15)16/h2-4H,1H3,(H,15,16). The number of aromatic nitrogens is 4. The van der Waals surface area contributed by atoms with E-state index in [0.29, 0.717) is 10.1 Å². The number of rotatable bonds is 4. The Bertz CT molecular complexity index is 656. The summed E-state index contributed by atoms with van der Waals surface area (Å²) >= 11 is 1.02. The molecule has 0 aliphatic carbocycles. The maximum absolute atomic E-state index is 11.1. The van der Waals surface area contributed by atoms with E-state index in [4.69, 9.17) is 5.11 Å². The summed E-state index contributed by atoms with van der Waals surface area (Å²) in [6, 6.07) is 3.61. The zero-order chi connectivity index (χ0) is 14.0. The molecule has 0 amide bonds. The molecule has 19 heavy (non-hydrogen) atoms.